The van der Waals surface area contributed by atoms with Gasteiger partial charge in [0.15, 0.2) is 0 Å². The van der Waals surface area contributed by atoms with Gasteiger partial charge in [-0.1, -0.05) is 34.6 Å². The van der Waals surface area contributed by atoms with Crippen molar-refractivity contribution in [3.8, 4) is 45.7 Å². The van der Waals surface area contributed by atoms with E-state index >= 15 is 0 Å². The molecule has 0 saturated heterocycles. The fourth-order valence-corrected chi connectivity index (χ4v) is 3.29. The zero-order chi connectivity index (χ0) is 25.5. The van der Waals surface area contributed by atoms with Gasteiger partial charge < -0.3 is 9.05 Å². The summed E-state index contributed by atoms with van der Waals surface area (Å²) >= 11 is 0. The van der Waals surface area contributed by atoms with Gasteiger partial charge in [-0.2, -0.15) is 36.3 Å². The maximum Gasteiger partial charge on any atom is 0.416 e. The van der Waals surface area contributed by atoms with Crippen molar-refractivity contribution in [2.24, 2.45) is 0 Å². The third kappa shape index (κ3) is 4.69. The smallest absolute Gasteiger partial charge is 0.334 e. The van der Waals surface area contributed by atoms with Crippen LogP contribution in [0.1, 0.15) is 11.1 Å². The molecule has 12 heteroatoms. The first-order chi connectivity index (χ1) is 17.1. The van der Waals surface area contributed by atoms with Gasteiger partial charge in [0.05, 0.1) is 11.1 Å². The van der Waals surface area contributed by atoms with E-state index in [0.29, 0.717) is 22.3 Å². The fourth-order valence-electron chi connectivity index (χ4n) is 3.29. The van der Waals surface area contributed by atoms with Gasteiger partial charge in [0.25, 0.3) is 11.8 Å². The summed E-state index contributed by atoms with van der Waals surface area (Å²) in [5, 5.41) is 7.63. The fraction of sp³-hybridized carbons (Fsp3) is 0.0833. The molecule has 2 heterocycles. The Morgan fingerprint density at radius 2 is 0.750 bits per heavy atom. The van der Waals surface area contributed by atoms with Crippen molar-refractivity contribution in [2.45, 2.75) is 12.4 Å². The topological polar surface area (TPSA) is 77.8 Å². The van der Waals surface area contributed by atoms with E-state index in [9.17, 15) is 26.3 Å². The monoisotopic (exact) mass is 502 g/mol. The molecule has 0 atom stereocenters. The lowest BCUT2D eigenvalue weighted by Crippen LogP contribution is -2.04. The second-order valence-corrected chi connectivity index (χ2v) is 7.57. The standard InChI is InChI=1S/C24H12F6N4O2/c25-23(26,27)17-9-5-13(6-10-17)19-31-21(35-33-19)15-1-2-16(4-3-15)22-32-20(34-36-22)14-7-11-18(12-8-14)24(28,29)30/h1-12H. The summed E-state index contributed by atoms with van der Waals surface area (Å²) < 4.78 is 86.9. The highest BCUT2D eigenvalue weighted by Crippen LogP contribution is 2.32. The minimum atomic E-state index is -4.44. The van der Waals surface area contributed by atoms with Crippen molar-refractivity contribution in [3.63, 3.8) is 0 Å². The molecule has 0 amide bonds. The first kappa shape index (κ1) is 23.3. The molecule has 0 radical (unpaired) electrons. The number of halogens is 6. The summed E-state index contributed by atoms with van der Waals surface area (Å²) in [6.07, 6.45) is -8.89. The number of hydrogen-bond acceptors (Lipinski definition) is 6. The molecule has 5 aromatic rings. The number of benzene rings is 3. The van der Waals surface area contributed by atoms with Gasteiger partial charge in [-0.05, 0) is 48.5 Å². The minimum absolute atomic E-state index is 0.126. The van der Waals surface area contributed by atoms with Crippen LogP contribution in [0.5, 0.6) is 0 Å². The Morgan fingerprint density at radius 3 is 1.06 bits per heavy atom. The van der Waals surface area contributed by atoms with Gasteiger partial charge in [-0.25, -0.2) is 0 Å². The molecule has 0 aliphatic carbocycles. The SMILES string of the molecule is FC(F)(F)c1ccc(-c2noc(-c3ccc(-c4nc(-c5ccc(C(F)(F)F)cc5)no4)cc3)n2)cc1. The zero-order valence-corrected chi connectivity index (χ0v) is 17.8. The van der Waals surface area contributed by atoms with E-state index in [0.717, 1.165) is 24.3 Å². The summed E-state index contributed by atoms with van der Waals surface area (Å²) in [5.74, 6) is 0.543. The summed E-state index contributed by atoms with van der Waals surface area (Å²) in [4.78, 5) is 8.45. The van der Waals surface area contributed by atoms with E-state index in [1.165, 1.54) is 24.3 Å². The van der Waals surface area contributed by atoms with E-state index in [1.54, 1.807) is 24.3 Å². The summed E-state index contributed by atoms with van der Waals surface area (Å²) in [5.41, 5.74) is 0.215. The summed E-state index contributed by atoms with van der Waals surface area (Å²) in [7, 11) is 0. The van der Waals surface area contributed by atoms with Gasteiger partial charge in [0.1, 0.15) is 0 Å². The summed E-state index contributed by atoms with van der Waals surface area (Å²) in [6, 6.07) is 15.3. The lowest BCUT2D eigenvalue weighted by molar-refractivity contribution is -0.138. The number of nitrogens with zero attached hydrogens (tertiary/aromatic N) is 4. The highest BCUT2D eigenvalue weighted by atomic mass is 19.4. The maximum absolute atomic E-state index is 12.7. The van der Waals surface area contributed by atoms with Crippen LogP contribution in [0.3, 0.4) is 0 Å². The van der Waals surface area contributed by atoms with Crippen LogP contribution in [-0.2, 0) is 12.4 Å². The number of rotatable bonds is 4. The van der Waals surface area contributed by atoms with E-state index in [4.69, 9.17) is 9.05 Å². The first-order valence-corrected chi connectivity index (χ1v) is 10.2. The Bertz CT molecular complexity index is 1370. The van der Waals surface area contributed by atoms with Crippen molar-refractivity contribution in [2.75, 3.05) is 0 Å². The molecule has 0 unspecified atom stereocenters. The Hall–Kier alpha value is -4.48. The Morgan fingerprint density at radius 1 is 0.444 bits per heavy atom. The molecule has 6 nitrogen and oxygen atoms in total. The molecule has 0 saturated carbocycles. The predicted octanol–water partition coefficient (Wildman–Crippen LogP) is 7.16. The van der Waals surface area contributed by atoms with Crippen LogP contribution in [0.4, 0.5) is 26.3 Å². The van der Waals surface area contributed by atoms with Crippen LogP contribution < -0.4 is 0 Å². The average Bonchev–Trinajstić information content (AvgIpc) is 3.54. The van der Waals surface area contributed by atoms with Crippen LogP contribution >= 0.6 is 0 Å². The first-order valence-electron chi connectivity index (χ1n) is 10.2. The van der Waals surface area contributed by atoms with Crippen LogP contribution in [0.25, 0.3) is 45.7 Å². The van der Waals surface area contributed by atoms with E-state index in [1.807, 2.05) is 0 Å². The van der Waals surface area contributed by atoms with Gasteiger partial charge in [-0.15, -0.1) is 0 Å². The normalized spacial score (nSPS) is 12.2. The van der Waals surface area contributed by atoms with Crippen LogP contribution in [-0.4, -0.2) is 20.3 Å². The third-order valence-corrected chi connectivity index (χ3v) is 5.17. The zero-order valence-electron chi connectivity index (χ0n) is 17.8. The molecule has 0 aliphatic rings. The second-order valence-electron chi connectivity index (χ2n) is 7.57. The van der Waals surface area contributed by atoms with Gasteiger partial charge >= 0.3 is 12.4 Å². The van der Waals surface area contributed by atoms with E-state index < -0.39 is 23.5 Å². The van der Waals surface area contributed by atoms with E-state index in [2.05, 4.69) is 20.3 Å². The molecule has 0 bridgehead atoms. The van der Waals surface area contributed by atoms with Gasteiger partial charge in [-0.3, -0.25) is 0 Å². The largest absolute Gasteiger partial charge is 0.416 e. The number of aromatic nitrogens is 4. The molecule has 2 aromatic heterocycles. The van der Waals surface area contributed by atoms with Crippen molar-refractivity contribution >= 4 is 0 Å². The average molecular weight is 502 g/mol. The molecular formula is C24H12F6N4O2. The van der Waals surface area contributed by atoms with Crippen LogP contribution in [0.2, 0.25) is 0 Å². The second kappa shape index (κ2) is 8.63. The molecule has 0 aliphatic heterocycles. The van der Waals surface area contributed by atoms with Gasteiger partial charge in [0.2, 0.25) is 11.6 Å². The van der Waals surface area contributed by atoms with Crippen LogP contribution in [0, 0.1) is 0 Å². The molecule has 3 aromatic carbocycles. The maximum atomic E-state index is 12.7. The van der Waals surface area contributed by atoms with Crippen molar-refractivity contribution in [3.05, 3.63) is 83.9 Å². The molecular weight excluding hydrogens is 490 g/mol. The third-order valence-electron chi connectivity index (χ3n) is 5.17. The van der Waals surface area contributed by atoms with Crippen molar-refractivity contribution < 1.29 is 35.4 Å². The lowest BCUT2D eigenvalue weighted by Gasteiger charge is -2.05. The molecule has 36 heavy (non-hydrogen) atoms. The predicted molar refractivity (Wildman–Crippen MR) is 114 cm³/mol. The van der Waals surface area contributed by atoms with Gasteiger partial charge in [0, 0.05) is 22.3 Å². The van der Waals surface area contributed by atoms with Crippen molar-refractivity contribution in [1.82, 2.24) is 20.3 Å². The summed E-state index contributed by atoms with van der Waals surface area (Å²) in [6.45, 7) is 0. The Kier molecular flexibility index (Phi) is 5.58. The van der Waals surface area contributed by atoms with Crippen molar-refractivity contribution in [1.29, 1.82) is 0 Å². The highest BCUT2D eigenvalue weighted by molar-refractivity contribution is 5.65. The number of hydrogen-bond donors (Lipinski definition) is 0. The van der Waals surface area contributed by atoms with E-state index in [-0.39, 0.29) is 23.4 Å². The minimum Gasteiger partial charge on any atom is -0.334 e. The van der Waals surface area contributed by atoms with Crippen LogP contribution in [0.15, 0.2) is 81.8 Å². The molecule has 5 rings (SSSR count). The molecule has 182 valence electrons. The Labute approximate surface area is 198 Å². The lowest BCUT2D eigenvalue weighted by atomic mass is 10.1. The Balaban J connectivity index is 1.32. The number of alkyl halides is 6. The molecule has 0 N–H and O–H groups in total. The molecule has 0 spiro atoms. The highest BCUT2D eigenvalue weighted by Gasteiger charge is 2.31. The molecule has 0 fully saturated rings. The quantitative estimate of drug-likeness (QED) is 0.243.